The van der Waals surface area contributed by atoms with Gasteiger partial charge < -0.3 is 11.1 Å². The van der Waals surface area contributed by atoms with Crippen LogP contribution in [0.5, 0.6) is 0 Å². The molecule has 1 amide bonds. The van der Waals surface area contributed by atoms with E-state index in [4.69, 9.17) is 5.73 Å². The van der Waals surface area contributed by atoms with E-state index in [1.54, 1.807) is 0 Å². The average Bonchev–Trinajstić information content (AvgIpc) is 2.39. The minimum absolute atomic E-state index is 0.111. The lowest BCUT2D eigenvalue weighted by Gasteiger charge is -2.33. The molecule has 1 aliphatic rings. The lowest BCUT2D eigenvalue weighted by atomic mass is 10.0. The smallest absolute Gasteiger partial charge is 0.238 e. The zero-order valence-electron chi connectivity index (χ0n) is 11.6. The van der Waals surface area contributed by atoms with Crippen LogP contribution in [-0.2, 0) is 14.8 Å². The van der Waals surface area contributed by atoms with Gasteiger partial charge in [-0.25, -0.2) is 8.42 Å². The summed E-state index contributed by atoms with van der Waals surface area (Å²) in [6, 6.07) is -0.539. The third-order valence-corrected chi connectivity index (χ3v) is 5.33. The molecule has 1 unspecified atom stereocenters. The third kappa shape index (κ3) is 4.74. The number of nitrogens with one attached hydrogen (secondary N) is 1. The van der Waals surface area contributed by atoms with Crippen LogP contribution >= 0.6 is 0 Å². The van der Waals surface area contributed by atoms with Crippen molar-refractivity contribution in [2.75, 3.05) is 25.4 Å². The first-order valence-corrected chi connectivity index (χ1v) is 8.61. The molecule has 3 N–H and O–H groups in total. The van der Waals surface area contributed by atoms with Crippen LogP contribution in [0.4, 0.5) is 0 Å². The molecular weight excluding hydrogens is 266 g/mol. The van der Waals surface area contributed by atoms with Crippen LogP contribution in [0.15, 0.2) is 0 Å². The summed E-state index contributed by atoms with van der Waals surface area (Å²) in [5, 5.41) is 2.77. The van der Waals surface area contributed by atoms with E-state index in [0.29, 0.717) is 38.9 Å². The van der Waals surface area contributed by atoms with Gasteiger partial charge in [-0.3, -0.25) is 4.79 Å². The second-order valence-electron chi connectivity index (χ2n) is 4.87. The van der Waals surface area contributed by atoms with E-state index in [1.165, 1.54) is 4.31 Å². The minimum Gasteiger partial charge on any atom is -0.355 e. The maximum Gasteiger partial charge on any atom is 0.238 e. The summed E-state index contributed by atoms with van der Waals surface area (Å²) in [6.07, 6.45) is 3.61. The van der Waals surface area contributed by atoms with E-state index in [9.17, 15) is 13.2 Å². The summed E-state index contributed by atoms with van der Waals surface area (Å²) < 4.78 is 25.7. The predicted octanol–water partition coefficient (Wildman–Crippen LogP) is 0.0457. The molecule has 1 rings (SSSR count). The number of nitrogens with two attached hydrogens (primary N) is 1. The quantitative estimate of drug-likeness (QED) is 0.648. The number of rotatable bonds is 7. The van der Waals surface area contributed by atoms with Crippen molar-refractivity contribution in [3.05, 3.63) is 0 Å². The summed E-state index contributed by atoms with van der Waals surface area (Å²) in [6.45, 7) is 3.31. The molecule has 6 nitrogen and oxygen atoms in total. The van der Waals surface area contributed by atoms with Gasteiger partial charge in [0.1, 0.15) is 6.04 Å². The molecule has 0 aromatic carbocycles. The highest BCUT2D eigenvalue weighted by molar-refractivity contribution is 7.89. The Kier molecular flexibility index (Phi) is 6.74. The maximum absolute atomic E-state index is 12.2. The number of hydrogen-bond donors (Lipinski definition) is 2. The Morgan fingerprint density at radius 2 is 2.16 bits per heavy atom. The fourth-order valence-electron chi connectivity index (χ4n) is 2.31. The van der Waals surface area contributed by atoms with Crippen molar-refractivity contribution in [1.82, 2.24) is 9.62 Å². The predicted molar refractivity (Wildman–Crippen MR) is 75.1 cm³/mol. The molecule has 1 atom stereocenters. The topological polar surface area (TPSA) is 92.5 Å². The van der Waals surface area contributed by atoms with Gasteiger partial charge in [-0.2, -0.15) is 4.31 Å². The first kappa shape index (κ1) is 16.4. The molecule has 112 valence electrons. The van der Waals surface area contributed by atoms with Gasteiger partial charge in [-0.05, 0) is 32.2 Å². The Labute approximate surface area is 115 Å². The first-order valence-electron chi connectivity index (χ1n) is 7.00. The van der Waals surface area contributed by atoms with Crippen LogP contribution < -0.4 is 11.1 Å². The Hall–Kier alpha value is -0.660. The molecule has 0 bridgehead atoms. The van der Waals surface area contributed by atoms with Crippen molar-refractivity contribution in [1.29, 1.82) is 0 Å². The Morgan fingerprint density at radius 1 is 1.42 bits per heavy atom. The lowest BCUT2D eigenvalue weighted by Crippen LogP contribution is -2.52. The van der Waals surface area contributed by atoms with Crippen LogP contribution in [0, 0.1) is 0 Å². The zero-order valence-corrected chi connectivity index (χ0v) is 12.4. The number of hydrogen-bond acceptors (Lipinski definition) is 4. The number of carbonyl (C=O) groups excluding carboxylic acids is 1. The van der Waals surface area contributed by atoms with Gasteiger partial charge in [-0.15, -0.1) is 0 Å². The van der Waals surface area contributed by atoms with Gasteiger partial charge in [0, 0.05) is 13.1 Å². The number of sulfonamides is 1. The van der Waals surface area contributed by atoms with Crippen molar-refractivity contribution in [3.63, 3.8) is 0 Å². The fourth-order valence-corrected chi connectivity index (χ4v) is 4.05. The highest BCUT2D eigenvalue weighted by Crippen LogP contribution is 2.21. The second kappa shape index (κ2) is 7.81. The average molecular weight is 291 g/mol. The standard InChI is InChI=1S/C12H25N3O3S/c1-2-10-19(17,18)15-9-4-3-6-11(15)12(16)14-8-5-7-13/h11H,2-10,13H2,1H3,(H,14,16). The van der Waals surface area contributed by atoms with Crippen molar-refractivity contribution < 1.29 is 13.2 Å². The summed E-state index contributed by atoms with van der Waals surface area (Å²) in [5.74, 6) is -0.0765. The van der Waals surface area contributed by atoms with E-state index in [0.717, 1.165) is 12.8 Å². The van der Waals surface area contributed by atoms with Crippen molar-refractivity contribution >= 4 is 15.9 Å². The lowest BCUT2D eigenvalue weighted by molar-refractivity contribution is -0.125. The van der Waals surface area contributed by atoms with Crippen LogP contribution in [0.1, 0.15) is 39.0 Å². The number of nitrogens with zero attached hydrogens (tertiary/aromatic N) is 1. The first-order chi connectivity index (χ1) is 9.03. The molecule has 19 heavy (non-hydrogen) atoms. The molecule has 0 radical (unpaired) electrons. The largest absolute Gasteiger partial charge is 0.355 e. The maximum atomic E-state index is 12.2. The Bertz CT molecular complexity index is 384. The molecule has 0 aromatic rings. The van der Waals surface area contributed by atoms with E-state index in [-0.39, 0.29) is 11.7 Å². The normalized spacial score (nSPS) is 21.3. The summed E-state index contributed by atoms with van der Waals surface area (Å²) >= 11 is 0. The van der Waals surface area contributed by atoms with Crippen molar-refractivity contribution in [2.24, 2.45) is 5.73 Å². The molecule has 1 saturated heterocycles. The third-order valence-electron chi connectivity index (χ3n) is 3.26. The summed E-state index contributed by atoms with van der Waals surface area (Å²) in [7, 11) is -3.31. The minimum atomic E-state index is -3.31. The van der Waals surface area contributed by atoms with E-state index in [2.05, 4.69) is 5.32 Å². The van der Waals surface area contributed by atoms with Crippen LogP contribution in [0.2, 0.25) is 0 Å². The van der Waals surface area contributed by atoms with E-state index in [1.807, 2.05) is 6.92 Å². The van der Waals surface area contributed by atoms with Crippen LogP contribution in [-0.4, -0.2) is 50.1 Å². The van der Waals surface area contributed by atoms with Gasteiger partial charge in [0.25, 0.3) is 0 Å². The number of piperidine rings is 1. The summed E-state index contributed by atoms with van der Waals surface area (Å²) in [4.78, 5) is 12.1. The molecule has 1 aliphatic heterocycles. The fraction of sp³-hybridized carbons (Fsp3) is 0.917. The molecule has 1 fully saturated rings. The molecule has 0 saturated carbocycles. The van der Waals surface area contributed by atoms with Gasteiger partial charge in [-0.1, -0.05) is 13.3 Å². The van der Waals surface area contributed by atoms with Gasteiger partial charge in [0.2, 0.25) is 15.9 Å². The summed E-state index contributed by atoms with van der Waals surface area (Å²) in [5.41, 5.74) is 5.37. The SMILES string of the molecule is CCCS(=O)(=O)N1CCCCC1C(=O)NCCCN. The van der Waals surface area contributed by atoms with Crippen molar-refractivity contribution in [3.8, 4) is 0 Å². The van der Waals surface area contributed by atoms with Gasteiger partial charge >= 0.3 is 0 Å². The highest BCUT2D eigenvalue weighted by Gasteiger charge is 2.35. The van der Waals surface area contributed by atoms with Gasteiger partial charge in [0.05, 0.1) is 5.75 Å². The number of amides is 1. The highest BCUT2D eigenvalue weighted by atomic mass is 32.2. The molecule has 1 heterocycles. The molecule has 0 aliphatic carbocycles. The van der Waals surface area contributed by atoms with Crippen LogP contribution in [0.3, 0.4) is 0 Å². The van der Waals surface area contributed by atoms with E-state index < -0.39 is 16.1 Å². The zero-order chi connectivity index (χ0) is 14.3. The Morgan fingerprint density at radius 3 is 2.79 bits per heavy atom. The molecular formula is C12H25N3O3S. The van der Waals surface area contributed by atoms with E-state index >= 15 is 0 Å². The van der Waals surface area contributed by atoms with Crippen molar-refractivity contribution in [2.45, 2.75) is 45.1 Å². The monoisotopic (exact) mass is 291 g/mol. The van der Waals surface area contributed by atoms with Gasteiger partial charge in [0.15, 0.2) is 0 Å². The molecule has 0 aromatic heterocycles. The van der Waals surface area contributed by atoms with Crippen LogP contribution in [0.25, 0.3) is 0 Å². The Balaban J connectivity index is 2.69. The molecule has 7 heteroatoms. The second-order valence-corrected chi connectivity index (χ2v) is 6.91. The number of carbonyl (C=O) groups is 1. The molecule has 0 spiro atoms.